The van der Waals surface area contributed by atoms with E-state index in [0.717, 1.165) is 27.7 Å². The molecule has 0 aliphatic rings. The van der Waals surface area contributed by atoms with Gasteiger partial charge in [-0.1, -0.05) is 36.4 Å². The van der Waals surface area contributed by atoms with Crippen molar-refractivity contribution in [1.29, 1.82) is 0 Å². The maximum atomic E-state index is 6.21. The number of aromatic nitrogens is 2. The van der Waals surface area contributed by atoms with Gasteiger partial charge in [-0.3, -0.25) is 9.97 Å². The molecule has 0 spiro atoms. The summed E-state index contributed by atoms with van der Waals surface area (Å²) in [4.78, 5) is 9.05. The van der Waals surface area contributed by atoms with Crippen LogP contribution < -0.4 is 14.2 Å². The molecular weight excluding hydrogens is 352 g/mol. The Morgan fingerprint density at radius 3 is 2.32 bits per heavy atom. The van der Waals surface area contributed by atoms with Crippen molar-refractivity contribution in [3.8, 4) is 28.6 Å². The molecule has 0 amide bonds. The van der Waals surface area contributed by atoms with Crippen LogP contribution in [0.5, 0.6) is 17.2 Å². The molecule has 0 unspecified atom stereocenters. The van der Waals surface area contributed by atoms with Crippen LogP contribution in [0.2, 0.25) is 0 Å². The lowest BCUT2D eigenvalue weighted by Crippen LogP contribution is -2.00. The summed E-state index contributed by atoms with van der Waals surface area (Å²) in [6.45, 7) is 0.433. The Hall–Kier alpha value is -3.60. The monoisotopic (exact) mass is 372 g/mol. The number of ether oxygens (including phenoxy) is 3. The summed E-state index contributed by atoms with van der Waals surface area (Å²) in [5.41, 5.74) is 2.58. The molecule has 4 aromatic rings. The zero-order valence-corrected chi connectivity index (χ0v) is 15.8. The number of hydrogen-bond acceptors (Lipinski definition) is 5. The number of fused-ring (bicyclic) bond motifs is 1. The number of pyridine rings is 2. The zero-order valence-electron chi connectivity index (χ0n) is 15.8. The number of hydrogen-bond donors (Lipinski definition) is 0. The highest BCUT2D eigenvalue weighted by Gasteiger charge is 2.19. The number of benzene rings is 2. The third kappa shape index (κ3) is 3.34. The Balaban J connectivity index is 1.91. The van der Waals surface area contributed by atoms with Gasteiger partial charge in [-0.25, -0.2) is 0 Å². The van der Waals surface area contributed by atoms with Gasteiger partial charge < -0.3 is 14.2 Å². The summed E-state index contributed by atoms with van der Waals surface area (Å²) in [6.07, 6.45) is 3.50. The molecule has 0 radical (unpaired) electrons. The molecule has 0 bridgehead atoms. The van der Waals surface area contributed by atoms with Crippen LogP contribution in [0.15, 0.2) is 73.1 Å². The first-order chi connectivity index (χ1) is 13.8. The molecule has 0 saturated heterocycles. The van der Waals surface area contributed by atoms with Gasteiger partial charge in [0, 0.05) is 23.8 Å². The van der Waals surface area contributed by atoms with Crippen molar-refractivity contribution in [3.63, 3.8) is 0 Å². The summed E-state index contributed by atoms with van der Waals surface area (Å²) in [6, 6.07) is 19.5. The summed E-state index contributed by atoms with van der Waals surface area (Å²) in [5, 5.41) is 1.70. The zero-order chi connectivity index (χ0) is 19.3. The van der Waals surface area contributed by atoms with E-state index in [9.17, 15) is 0 Å². The molecule has 5 nitrogen and oxygen atoms in total. The third-order valence-corrected chi connectivity index (χ3v) is 4.50. The van der Waals surface area contributed by atoms with Gasteiger partial charge in [0.15, 0.2) is 11.5 Å². The fourth-order valence-corrected chi connectivity index (χ4v) is 3.20. The molecule has 0 saturated carbocycles. The van der Waals surface area contributed by atoms with Gasteiger partial charge in [-0.2, -0.15) is 0 Å². The van der Waals surface area contributed by atoms with E-state index in [0.29, 0.717) is 23.9 Å². The van der Waals surface area contributed by atoms with Gasteiger partial charge in [-0.05, 0) is 23.8 Å². The highest BCUT2D eigenvalue weighted by molar-refractivity contribution is 6.03. The lowest BCUT2D eigenvalue weighted by molar-refractivity contribution is 0.305. The van der Waals surface area contributed by atoms with Crippen molar-refractivity contribution in [2.75, 3.05) is 14.2 Å². The van der Waals surface area contributed by atoms with Gasteiger partial charge in [0.2, 0.25) is 0 Å². The van der Waals surface area contributed by atoms with Crippen molar-refractivity contribution >= 4 is 10.8 Å². The topological polar surface area (TPSA) is 53.5 Å². The van der Waals surface area contributed by atoms with Gasteiger partial charge in [0.1, 0.15) is 18.1 Å². The van der Waals surface area contributed by atoms with E-state index in [4.69, 9.17) is 14.2 Å². The lowest BCUT2D eigenvalue weighted by atomic mass is 10.0. The number of nitrogens with zero attached hydrogens (tertiary/aromatic N) is 2. The van der Waals surface area contributed by atoms with E-state index in [2.05, 4.69) is 9.97 Å². The third-order valence-electron chi connectivity index (χ3n) is 4.50. The Morgan fingerprint density at radius 2 is 1.61 bits per heavy atom. The minimum Gasteiger partial charge on any atom is -0.493 e. The second-order valence-corrected chi connectivity index (χ2v) is 6.18. The van der Waals surface area contributed by atoms with E-state index in [1.165, 1.54) is 0 Å². The first-order valence-electron chi connectivity index (χ1n) is 8.93. The van der Waals surface area contributed by atoms with Crippen LogP contribution in [0.4, 0.5) is 0 Å². The molecule has 28 heavy (non-hydrogen) atoms. The number of rotatable bonds is 6. The second-order valence-electron chi connectivity index (χ2n) is 6.18. The fraction of sp³-hybridized carbons (Fsp3) is 0.130. The average molecular weight is 372 g/mol. The normalized spacial score (nSPS) is 10.6. The van der Waals surface area contributed by atoms with E-state index in [1.807, 2.05) is 60.7 Å². The summed E-state index contributed by atoms with van der Waals surface area (Å²) < 4.78 is 17.4. The van der Waals surface area contributed by atoms with Crippen molar-refractivity contribution in [3.05, 3.63) is 78.6 Å². The van der Waals surface area contributed by atoms with E-state index in [-0.39, 0.29) is 0 Å². The van der Waals surface area contributed by atoms with Crippen LogP contribution >= 0.6 is 0 Å². The summed E-state index contributed by atoms with van der Waals surface area (Å²) >= 11 is 0. The Morgan fingerprint density at radius 1 is 0.786 bits per heavy atom. The molecule has 2 aromatic carbocycles. The van der Waals surface area contributed by atoms with Crippen LogP contribution in [0, 0.1) is 0 Å². The summed E-state index contributed by atoms with van der Waals surface area (Å²) in [7, 11) is 3.24. The van der Waals surface area contributed by atoms with Gasteiger partial charge in [0.25, 0.3) is 0 Å². The molecule has 5 heteroatoms. The van der Waals surface area contributed by atoms with Crippen LogP contribution in [-0.4, -0.2) is 24.2 Å². The molecule has 0 fully saturated rings. The van der Waals surface area contributed by atoms with Gasteiger partial charge in [-0.15, -0.1) is 0 Å². The van der Waals surface area contributed by atoms with Crippen LogP contribution in [0.1, 0.15) is 5.56 Å². The van der Waals surface area contributed by atoms with Crippen LogP contribution in [0.3, 0.4) is 0 Å². The van der Waals surface area contributed by atoms with E-state index in [1.54, 1.807) is 26.6 Å². The highest BCUT2D eigenvalue weighted by Crippen LogP contribution is 2.44. The van der Waals surface area contributed by atoms with E-state index >= 15 is 0 Å². The molecule has 0 aliphatic heterocycles. The van der Waals surface area contributed by atoms with Crippen LogP contribution in [0.25, 0.3) is 22.2 Å². The Labute approximate surface area is 163 Å². The quantitative estimate of drug-likeness (QED) is 0.482. The lowest BCUT2D eigenvalue weighted by Gasteiger charge is -2.17. The van der Waals surface area contributed by atoms with Gasteiger partial charge in [0.05, 0.1) is 25.3 Å². The second kappa shape index (κ2) is 7.96. The molecular formula is C23H20N2O3. The SMILES string of the molecule is COc1cc(OCc2ccccc2)c2c(-c3ccccn3)nccc2c1OC. The molecule has 0 N–H and O–H groups in total. The first kappa shape index (κ1) is 17.8. The largest absolute Gasteiger partial charge is 0.493 e. The Kier molecular flexibility index (Phi) is 5.06. The fourth-order valence-electron chi connectivity index (χ4n) is 3.20. The standard InChI is InChI=1S/C23H20N2O3/c1-26-20-14-19(28-15-16-8-4-3-5-9-16)21-17(23(20)27-2)11-13-25-22(21)18-10-6-7-12-24-18/h3-14H,15H2,1-2H3. The highest BCUT2D eigenvalue weighted by atomic mass is 16.5. The molecule has 140 valence electrons. The maximum absolute atomic E-state index is 6.21. The minimum atomic E-state index is 0.433. The van der Waals surface area contributed by atoms with Crippen molar-refractivity contribution in [2.45, 2.75) is 6.61 Å². The van der Waals surface area contributed by atoms with Crippen molar-refractivity contribution < 1.29 is 14.2 Å². The smallest absolute Gasteiger partial charge is 0.168 e. The molecule has 2 heterocycles. The maximum Gasteiger partial charge on any atom is 0.168 e. The first-order valence-corrected chi connectivity index (χ1v) is 8.93. The summed E-state index contributed by atoms with van der Waals surface area (Å²) in [5.74, 6) is 1.92. The van der Waals surface area contributed by atoms with Gasteiger partial charge >= 0.3 is 0 Å². The number of methoxy groups -OCH3 is 2. The molecule has 4 rings (SSSR count). The van der Waals surface area contributed by atoms with E-state index < -0.39 is 0 Å². The van der Waals surface area contributed by atoms with Crippen LogP contribution in [-0.2, 0) is 6.61 Å². The van der Waals surface area contributed by atoms with Crippen molar-refractivity contribution in [2.24, 2.45) is 0 Å². The molecule has 0 aliphatic carbocycles. The molecule has 2 aromatic heterocycles. The predicted molar refractivity (Wildman–Crippen MR) is 109 cm³/mol. The molecule has 0 atom stereocenters. The average Bonchev–Trinajstić information content (AvgIpc) is 2.77. The minimum absolute atomic E-state index is 0.433. The van der Waals surface area contributed by atoms with Crippen molar-refractivity contribution in [1.82, 2.24) is 9.97 Å². The predicted octanol–water partition coefficient (Wildman–Crippen LogP) is 4.89. The Bertz CT molecular complexity index is 1080.